The molecule has 4 heterocycles. The second kappa shape index (κ2) is 19.9. The number of para-hydroxylation sites is 4. The van der Waals surface area contributed by atoms with Crippen molar-refractivity contribution >= 4 is 101 Å². The summed E-state index contributed by atoms with van der Waals surface area (Å²) in [6, 6.07) is -6.09. The minimum absolute atomic E-state index is 0.0495. The summed E-state index contributed by atoms with van der Waals surface area (Å²) in [5.74, 6) is 0. The van der Waals surface area contributed by atoms with Gasteiger partial charge in [-0.05, 0) is 169 Å². The third-order valence-electron chi connectivity index (χ3n) is 16.0. The molecule has 0 saturated heterocycles. The SMILES string of the molecule is [2H]c1c([2H])c([2H])c(-c2cc(-c3c([2H])c([2H])c([2H])c([2H])c3[2H])cc(N3c4cc(-n5c6c([2H])c([2H])c([2H])c([2H])c6c6c([2H])c([2H])c([2H])c([2H])c65)ccc4B4c5ccc(-n6c7c([2H])c([2H])c([2H])c([2H])c7c7c([2H])c([2H])c([2H])c([2H])c76)cc5N(c5cc(-c6c([2H])c([2H])c([2H])c([2H])c6[2H])cc(-c6c([2H])c([2H])c([2H])c([2H])c6[2H])c5)c5cc(C(C)(C)C)cc3c54)c2)c([2H])c1[2H]. The van der Waals surface area contributed by atoms with Crippen molar-refractivity contribution in [1.82, 2.24) is 9.13 Å². The molecule has 87 heavy (non-hydrogen) atoms. The van der Waals surface area contributed by atoms with Gasteiger partial charge in [0.05, 0.1) is 71.4 Å². The first-order valence-corrected chi connectivity index (χ1v) is 27.4. The van der Waals surface area contributed by atoms with Gasteiger partial charge in [0.25, 0.3) is 6.71 Å². The fourth-order valence-electron chi connectivity index (χ4n) is 12.2. The van der Waals surface area contributed by atoms with Gasteiger partial charge in [0.15, 0.2) is 0 Å². The topological polar surface area (TPSA) is 16.3 Å². The smallest absolute Gasteiger partial charge is 0.252 e. The molecular weight excluding hydrogens is 1050 g/mol. The summed E-state index contributed by atoms with van der Waals surface area (Å²) in [5.41, 5.74) is -3.75. The van der Waals surface area contributed by atoms with Crippen molar-refractivity contribution < 1.29 is 49.3 Å². The van der Waals surface area contributed by atoms with E-state index in [0.717, 1.165) is 0 Å². The van der Waals surface area contributed by atoms with Gasteiger partial charge in [-0.3, -0.25) is 0 Å². The van der Waals surface area contributed by atoms with Crippen molar-refractivity contribution in [3.63, 3.8) is 0 Å². The van der Waals surface area contributed by atoms with Crippen LogP contribution in [0.1, 0.15) is 75.7 Å². The maximum absolute atomic E-state index is 9.69. The molecule has 0 saturated carbocycles. The second-order valence-corrected chi connectivity index (χ2v) is 21.9. The highest BCUT2D eigenvalue weighted by molar-refractivity contribution is 7.00. The Hall–Kier alpha value is -10.9. The molecule has 0 spiro atoms. The van der Waals surface area contributed by atoms with Gasteiger partial charge in [-0.15, -0.1) is 0 Å². The first kappa shape index (κ1) is 26.2. The first-order chi connectivity index (χ1) is 57.7. The molecule has 0 amide bonds. The first-order valence-electron chi connectivity index (χ1n) is 45.4. The summed E-state index contributed by atoms with van der Waals surface area (Å²) >= 11 is 0. The van der Waals surface area contributed by atoms with Gasteiger partial charge in [-0.25, -0.2) is 0 Å². The van der Waals surface area contributed by atoms with E-state index in [9.17, 15) is 21.9 Å². The highest BCUT2D eigenvalue weighted by atomic mass is 15.2. The van der Waals surface area contributed by atoms with Gasteiger partial charge < -0.3 is 18.9 Å². The van der Waals surface area contributed by atoms with Gasteiger partial charge >= 0.3 is 0 Å². The fraction of sp³-hybridized carbons (Fsp3) is 0.0488. The standard InChI is InChI=1S/C82H59BN4/c1-82(2,3)62-50-79-81-80(51-62)87(66-48-60(56-28-12-6-13-29-56)45-61(49-66)57-30-14-7-15-31-57)78-53-64(85-75-38-22-18-34-69(75)70-35-19-23-39-76(70)85)41-43-72(78)83(81)71-42-40-63(84-73-36-20-16-32-67(73)68-33-17-21-37-74(68)84)52-77(71)86(79)65-46-58(54-24-8-4-9-25-54)44-59(47-65)55-26-10-5-11-27-55/h4-53H,1-3H3/i4D,5D,6D,7D,8D,9D,10D,11D,12D,13D,14D,15D,16D,17D,18D,19D,20D,21D,22D,23D,24D,25D,26D,27D,28D,29D,30D,31D,32D,33D,34D,35D,36D,37D,38D,39D. The third-order valence-corrected chi connectivity index (χ3v) is 16.0. The van der Waals surface area contributed by atoms with Gasteiger partial charge in [-0.2, -0.15) is 0 Å². The van der Waals surface area contributed by atoms with E-state index in [2.05, 4.69) is 0 Å². The normalized spacial score (nSPS) is 18.5. The monoisotopic (exact) mass is 1150 g/mol. The van der Waals surface area contributed by atoms with Crippen LogP contribution in [-0.2, 0) is 5.41 Å². The minimum Gasteiger partial charge on any atom is -0.311 e. The molecule has 13 aromatic carbocycles. The van der Waals surface area contributed by atoms with E-state index in [1.165, 1.54) is 69.8 Å². The molecule has 0 atom stereocenters. The zero-order valence-electron chi connectivity index (χ0n) is 81.9. The zero-order chi connectivity index (χ0) is 89.2. The lowest BCUT2D eigenvalue weighted by molar-refractivity contribution is 0.590. The zero-order valence-corrected chi connectivity index (χ0v) is 45.9. The van der Waals surface area contributed by atoms with Gasteiger partial charge in [0.1, 0.15) is 0 Å². The second-order valence-electron chi connectivity index (χ2n) is 21.9. The molecule has 4 nitrogen and oxygen atoms in total. The van der Waals surface area contributed by atoms with Crippen molar-refractivity contribution in [3.05, 3.63) is 308 Å². The maximum Gasteiger partial charge on any atom is 0.252 e. The lowest BCUT2D eigenvalue weighted by Crippen LogP contribution is -2.61. The molecule has 0 bridgehead atoms. The molecule has 0 radical (unpaired) electrons. The number of nitrogens with zero attached hydrogens (tertiary/aromatic N) is 4. The summed E-state index contributed by atoms with van der Waals surface area (Å²) in [5, 5.41) is -1.25. The molecule has 2 aliphatic heterocycles. The molecule has 0 aliphatic carbocycles. The fourth-order valence-corrected chi connectivity index (χ4v) is 12.2. The van der Waals surface area contributed by atoms with Crippen molar-refractivity contribution in [3.8, 4) is 55.9 Å². The largest absolute Gasteiger partial charge is 0.311 e. The number of rotatable bonds is 8. The van der Waals surface area contributed by atoms with Gasteiger partial charge in [-0.1, -0.05) is 226 Å². The van der Waals surface area contributed by atoms with E-state index in [1.807, 2.05) is 20.8 Å². The van der Waals surface area contributed by atoms with E-state index >= 15 is 0 Å². The molecular formula is C82H59BN4. The minimum atomic E-state index is -1.25. The van der Waals surface area contributed by atoms with Crippen LogP contribution in [0.4, 0.5) is 34.1 Å². The van der Waals surface area contributed by atoms with E-state index in [4.69, 9.17) is 27.4 Å². The summed E-state index contributed by atoms with van der Waals surface area (Å²) < 4.78 is 335. The highest BCUT2D eigenvalue weighted by Gasteiger charge is 2.45. The predicted molar refractivity (Wildman–Crippen MR) is 370 cm³/mol. The Kier molecular flexibility index (Phi) is 5.98. The van der Waals surface area contributed by atoms with E-state index in [-0.39, 0.29) is 128 Å². The number of aromatic nitrogens is 2. The van der Waals surface area contributed by atoms with Crippen LogP contribution in [0, 0.1) is 0 Å². The summed E-state index contributed by atoms with van der Waals surface area (Å²) in [6.07, 6.45) is 0. The maximum atomic E-state index is 9.69. The summed E-state index contributed by atoms with van der Waals surface area (Å²) in [7, 11) is 0. The van der Waals surface area contributed by atoms with Crippen LogP contribution < -0.4 is 26.2 Å². The van der Waals surface area contributed by atoms with Crippen molar-refractivity contribution in [2.75, 3.05) is 9.80 Å². The van der Waals surface area contributed by atoms with Crippen molar-refractivity contribution in [2.45, 2.75) is 26.2 Å². The molecule has 0 fully saturated rings. The van der Waals surface area contributed by atoms with E-state index < -0.39 is 252 Å². The van der Waals surface area contributed by atoms with Gasteiger partial charge in [0.2, 0.25) is 0 Å². The van der Waals surface area contributed by atoms with E-state index in [1.54, 1.807) is 34.1 Å². The Balaban J connectivity index is 1.11. The average molecular weight is 1150 g/mol. The van der Waals surface area contributed by atoms with Crippen molar-refractivity contribution in [2.24, 2.45) is 0 Å². The molecule has 2 aromatic heterocycles. The summed E-state index contributed by atoms with van der Waals surface area (Å²) in [6.45, 7) is 4.25. The Labute approximate surface area is 558 Å². The van der Waals surface area contributed by atoms with Crippen LogP contribution in [-0.4, -0.2) is 15.8 Å². The Bertz CT molecular complexity index is 6600. The van der Waals surface area contributed by atoms with Crippen molar-refractivity contribution in [1.29, 1.82) is 0 Å². The molecule has 0 unspecified atom stereocenters. The molecule has 15 aromatic rings. The number of hydrogen-bond acceptors (Lipinski definition) is 2. The Morgan fingerprint density at radius 3 is 0.897 bits per heavy atom. The number of anilines is 6. The molecule has 17 rings (SSSR count). The van der Waals surface area contributed by atoms with E-state index in [0.29, 0.717) is 5.56 Å². The average Bonchev–Trinajstić information content (AvgIpc) is 1.62. The molecule has 2 aliphatic rings. The highest BCUT2D eigenvalue weighted by Crippen LogP contribution is 2.50. The lowest BCUT2D eigenvalue weighted by Gasteiger charge is -2.45. The van der Waals surface area contributed by atoms with Gasteiger partial charge in [0, 0.05) is 67.0 Å². The molecule has 5 heteroatoms. The third kappa shape index (κ3) is 8.22. The van der Waals surface area contributed by atoms with Crippen LogP contribution >= 0.6 is 0 Å². The Morgan fingerprint density at radius 2 is 0.586 bits per heavy atom. The van der Waals surface area contributed by atoms with Crippen LogP contribution in [0.25, 0.3) is 99.5 Å². The number of benzene rings is 13. The predicted octanol–water partition coefficient (Wildman–Crippen LogP) is 19.9. The quantitative estimate of drug-likeness (QED) is 0.141. The van der Waals surface area contributed by atoms with Crippen LogP contribution in [0.15, 0.2) is 302 Å². The summed E-state index contributed by atoms with van der Waals surface area (Å²) in [4.78, 5) is 3.24. The van der Waals surface area contributed by atoms with Crippen LogP contribution in [0.3, 0.4) is 0 Å². The molecule has 0 N–H and O–H groups in total. The number of hydrogen-bond donors (Lipinski definition) is 0. The number of fused-ring (bicyclic) bond motifs is 10. The van der Waals surface area contributed by atoms with Crippen LogP contribution in [0.2, 0.25) is 0 Å². The molecule has 410 valence electrons. The lowest BCUT2D eigenvalue weighted by atomic mass is 9.33. The Morgan fingerprint density at radius 1 is 0.287 bits per heavy atom. The van der Waals surface area contributed by atoms with Crippen LogP contribution in [0.5, 0.6) is 0 Å².